The van der Waals surface area contributed by atoms with Gasteiger partial charge in [-0.3, -0.25) is 9.69 Å². The molecule has 0 radical (unpaired) electrons. The van der Waals surface area contributed by atoms with Crippen LogP contribution in [0, 0.1) is 25.7 Å². The van der Waals surface area contributed by atoms with Gasteiger partial charge in [-0.2, -0.15) is 4.31 Å². The van der Waals surface area contributed by atoms with E-state index in [4.69, 9.17) is 4.98 Å². The summed E-state index contributed by atoms with van der Waals surface area (Å²) in [5, 5.41) is 0.651. The van der Waals surface area contributed by atoms with Crippen LogP contribution >= 0.6 is 11.3 Å². The molecule has 0 aliphatic carbocycles. The molecule has 1 saturated heterocycles. The van der Waals surface area contributed by atoms with Crippen molar-refractivity contribution in [1.29, 1.82) is 0 Å². The number of anilines is 1. The van der Waals surface area contributed by atoms with Crippen molar-refractivity contribution >= 4 is 42.6 Å². The highest BCUT2D eigenvalue weighted by Gasteiger charge is 2.32. The van der Waals surface area contributed by atoms with Gasteiger partial charge < -0.3 is 4.90 Å². The summed E-state index contributed by atoms with van der Waals surface area (Å²) in [7, 11) is 0.339. The number of aryl methyl sites for hydroxylation is 2. The smallest absolute Gasteiger partial charge is 0.260 e. The van der Waals surface area contributed by atoms with Crippen LogP contribution in [0.15, 0.2) is 41.3 Å². The van der Waals surface area contributed by atoms with Crippen molar-refractivity contribution < 1.29 is 13.2 Å². The second-order valence-electron chi connectivity index (χ2n) is 10.5. The third kappa shape index (κ3) is 5.64. The van der Waals surface area contributed by atoms with Crippen molar-refractivity contribution in [1.82, 2.24) is 14.2 Å². The predicted molar refractivity (Wildman–Crippen MR) is 147 cm³/mol. The molecule has 1 amide bonds. The van der Waals surface area contributed by atoms with Crippen LogP contribution in [0.1, 0.15) is 41.8 Å². The molecule has 2 atom stereocenters. The topological polar surface area (TPSA) is 73.8 Å². The number of fused-ring (bicyclic) bond motifs is 1. The zero-order chi connectivity index (χ0) is 26.2. The molecule has 1 aromatic heterocycles. The van der Waals surface area contributed by atoms with E-state index in [1.807, 2.05) is 25.9 Å². The van der Waals surface area contributed by atoms with Crippen LogP contribution in [-0.4, -0.2) is 68.8 Å². The number of sulfonamides is 1. The van der Waals surface area contributed by atoms with Gasteiger partial charge >= 0.3 is 0 Å². The number of nitrogens with zero attached hydrogens (tertiary/aromatic N) is 4. The number of hydrogen-bond acceptors (Lipinski definition) is 6. The maximum Gasteiger partial charge on any atom is 0.260 e. The fourth-order valence-corrected chi connectivity index (χ4v) is 7.78. The lowest BCUT2D eigenvalue weighted by Crippen LogP contribution is -2.42. The molecule has 0 bridgehead atoms. The van der Waals surface area contributed by atoms with E-state index in [1.165, 1.54) is 11.3 Å². The summed E-state index contributed by atoms with van der Waals surface area (Å²) in [6.07, 6.45) is 1.03. The van der Waals surface area contributed by atoms with Crippen LogP contribution in [0.3, 0.4) is 0 Å². The summed E-state index contributed by atoms with van der Waals surface area (Å²) < 4.78 is 29.2. The number of piperidine rings is 1. The summed E-state index contributed by atoms with van der Waals surface area (Å²) in [5.41, 5.74) is 3.61. The minimum atomic E-state index is -3.60. The number of hydrogen-bond donors (Lipinski definition) is 0. The van der Waals surface area contributed by atoms with Gasteiger partial charge in [0.2, 0.25) is 10.0 Å². The quantitative estimate of drug-likeness (QED) is 0.441. The first kappa shape index (κ1) is 26.7. The Morgan fingerprint density at radius 1 is 1.06 bits per heavy atom. The third-order valence-electron chi connectivity index (χ3n) is 6.64. The van der Waals surface area contributed by atoms with Gasteiger partial charge in [-0.1, -0.05) is 31.3 Å². The molecule has 194 valence electrons. The zero-order valence-corrected chi connectivity index (χ0v) is 23.6. The SMILES string of the molecule is Cc1cc(C)c2nc(N(CCN(C)C)C(=O)c3ccc(S(=O)(=O)N4CC(C)CC(C)C4)cc3)sc2c1. The molecule has 3 aromatic rings. The summed E-state index contributed by atoms with van der Waals surface area (Å²) in [4.78, 5) is 22.4. The molecule has 0 saturated carbocycles. The lowest BCUT2D eigenvalue weighted by molar-refractivity contribution is 0.0985. The molecule has 1 aliphatic rings. The number of thiazole rings is 1. The van der Waals surface area contributed by atoms with Gasteiger partial charge in [0.05, 0.1) is 15.1 Å². The van der Waals surface area contributed by atoms with Crippen LogP contribution in [0.4, 0.5) is 5.13 Å². The standard InChI is InChI=1S/C27H36N4O3S2/c1-18-14-21(4)25-24(15-18)35-27(28-25)31(12-11-29(5)6)26(32)22-7-9-23(10-8-22)36(33,34)30-16-19(2)13-20(3)17-30/h7-10,14-15,19-20H,11-13,16-17H2,1-6H3. The van der Waals surface area contributed by atoms with Crippen molar-refractivity contribution in [3.05, 3.63) is 53.1 Å². The van der Waals surface area contributed by atoms with E-state index in [-0.39, 0.29) is 10.8 Å². The van der Waals surface area contributed by atoms with E-state index in [0.717, 1.165) is 27.8 Å². The van der Waals surface area contributed by atoms with Crippen LogP contribution in [0.5, 0.6) is 0 Å². The molecular weight excluding hydrogens is 492 g/mol. The van der Waals surface area contributed by atoms with Crippen molar-refractivity contribution in [2.24, 2.45) is 11.8 Å². The van der Waals surface area contributed by atoms with Crippen LogP contribution in [0.25, 0.3) is 10.2 Å². The molecule has 2 aromatic carbocycles. The van der Waals surface area contributed by atoms with Gasteiger partial charge in [0.25, 0.3) is 5.91 Å². The second-order valence-corrected chi connectivity index (χ2v) is 13.4. The Hall–Kier alpha value is -2.33. The predicted octanol–water partition coefficient (Wildman–Crippen LogP) is 4.79. The van der Waals surface area contributed by atoms with Gasteiger partial charge in [-0.15, -0.1) is 0 Å². The largest absolute Gasteiger partial charge is 0.308 e. The van der Waals surface area contributed by atoms with E-state index < -0.39 is 10.0 Å². The van der Waals surface area contributed by atoms with E-state index in [1.54, 1.807) is 33.5 Å². The maximum atomic E-state index is 13.6. The average Bonchev–Trinajstić information content (AvgIpc) is 3.22. The van der Waals surface area contributed by atoms with E-state index in [2.05, 4.69) is 32.9 Å². The first-order chi connectivity index (χ1) is 17.0. The molecule has 9 heteroatoms. The number of likely N-dealkylation sites (N-methyl/N-ethyl adjacent to an activating group) is 1. The molecule has 36 heavy (non-hydrogen) atoms. The summed E-state index contributed by atoms with van der Waals surface area (Å²) >= 11 is 1.51. The molecule has 1 fully saturated rings. The maximum absolute atomic E-state index is 13.6. The molecule has 0 spiro atoms. The fourth-order valence-electron chi connectivity index (χ4n) is 4.93. The Morgan fingerprint density at radius 2 is 1.69 bits per heavy atom. The summed E-state index contributed by atoms with van der Waals surface area (Å²) in [6, 6.07) is 10.6. The van der Waals surface area contributed by atoms with Crippen molar-refractivity contribution in [3.63, 3.8) is 0 Å². The first-order valence-electron chi connectivity index (χ1n) is 12.4. The van der Waals surface area contributed by atoms with Crippen molar-refractivity contribution in [2.75, 3.05) is 45.2 Å². The number of carbonyl (C=O) groups excluding carboxylic acids is 1. The highest BCUT2D eigenvalue weighted by molar-refractivity contribution is 7.89. The van der Waals surface area contributed by atoms with Crippen molar-refractivity contribution in [2.45, 2.75) is 39.0 Å². The number of aromatic nitrogens is 1. The van der Waals surface area contributed by atoms with E-state index in [0.29, 0.717) is 48.7 Å². The highest BCUT2D eigenvalue weighted by atomic mass is 32.2. The van der Waals surface area contributed by atoms with E-state index >= 15 is 0 Å². The average molecular weight is 529 g/mol. The molecule has 0 N–H and O–H groups in total. The van der Waals surface area contributed by atoms with Gasteiger partial charge in [0.1, 0.15) is 0 Å². The van der Waals surface area contributed by atoms with Crippen molar-refractivity contribution in [3.8, 4) is 0 Å². The second kappa shape index (κ2) is 10.6. The monoisotopic (exact) mass is 528 g/mol. The Labute approximate surface area is 218 Å². The molecule has 1 aliphatic heterocycles. The molecule has 7 nitrogen and oxygen atoms in total. The highest BCUT2D eigenvalue weighted by Crippen LogP contribution is 2.33. The number of benzene rings is 2. The third-order valence-corrected chi connectivity index (χ3v) is 9.51. The normalized spacial score (nSPS) is 19.2. The Bertz CT molecular complexity index is 1340. The minimum absolute atomic E-state index is 0.186. The van der Waals surface area contributed by atoms with Gasteiger partial charge in [-0.25, -0.2) is 13.4 Å². The molecule has 2 unspecified atom stereocenters. The van der Waals surface area contributed by atoms with E-state index in [9.17, 15) is 13.2 Å². The lowest BCUT2D eigenvalue weighted by atomic mass is 9.94. The van der Waals surface area contributed by atoms with Crippen LogP contribution < -0.4 is 4.90 Å². The summed E-state index contributed by atoms with van der Waals surface area (Å²) in [5.74, 6) is 0.473. The Balaban J connectivity index is 1.63. The minimum Gasteiger partial charge on any atom is -0.308 e. The Morgan fingerprint density at radius 3 is 2.31 bits per heavy atom. The number of carbonyl (C=O) groups is 1. The van der Waals surface area contributed by atoms with Gasteiger partial charge in [0.15, 0.2) is 5.13 Å². The summed E-state index contributed by atoms with van der Waals surface area (Å²) in [6.45, 7) is 10.5. The Kier molecular flexibility index (Phi) is 7.85. The van der Waals surface area contributed by atoms with Crippen LogP contribution in [-0.2, 0) is 10.0 Å². The number of rotatable bonds is 7. The van der Waals surface area contributed by atoms with Gasteiger partial charge in [-0.05, 0) is 87.7 Å². The fraction of sp³-hybridized carbons (Fsp3) is 0.481. The molecule has 4 rings (SSSR count). The number of amides is 1. The van der Waals surface area contributed by atoms with Crippen LogP contribution in [0.2, 0.25) is 0 Å². The first-order valence-corrected chi connectivity index (χ1v) is 14.7. The van der Waals surface area contributed by atoms with Gasteiger partial charge in [0, 0.05) is 31.7 Å². The molecule has 2 heterocycles. The molecular formula is C27H36N4O3S2. The lowest BCUT2D eigenvalue weighted by Gasteiger charge is -2.34. The zero-order valence-electron chi connectivity index (χ0n) is 22.0.